The van der Waals surface area contributed by atoms with Crippen LogP contribution in [0.3, 0.4) is 0 Å². The van der Waals surface area contributed by atoms with E-state index >= 15 is 0 Å². The van der Waals surface area contributed by atoms with Crippen LogP contribution in [0.4, 0.5) is 0 Å². The van der Waals surface area contributed by atoms with Gasteiger partial charge < -0.3 is 15.0 Å². The Bertz CT molecular complexity index is 914. The van der Waals surface area contributed by atoms with Crippen molar-refractivity contribution in [2.24, 2.45) is 0 Å². The van der Waals surface area contributed by atoms with Gasteiger partial charge in [-0.1, -0.05) is 54.6 Å². The number of hydrogen-bond acceptors (Lipinski definition) is 3. The maximum absolute atomic E-state index is 13.2. The molecule has 0 unspecified atom stereocenters. The number of benzene rings is 2. The van der Waals surface area contributed by atoms with Gasteiger partial charge in [-0.3, -0.25) is 9.59 Å². The first-order valence-electron chi connectivity index (χ1n) is 11.6. The highest BCUT2D eigenvalue weighted by Crippen LogP contribution is 2.20. The number of amides is 2. The van der Waals surface area contributed by atoms with Crippen molar-refractivity contribution in [3.8, 4) is 5.75 Å². The Labute approximate surface area is 206 Å². The summed E-state index contributed by atoms with van der Waals surface area (Å²) in [5, 5.41) is 4.40. The summed E-state index contributed by atoms with van der Waals surface area (Å²) in [5.74, 6) is 0.526. The van der Waals surface area contributed by atoms with Crippen molar-refractivity contribution in [1.29, 1.82) is 0 Å². The fourth-order valence-corrected chi connectivity index (χ4v) is 4.41. The quantitative estimate of drug-likeness (QED) is 0.414. The van der Waals surface area contributed by atoms with Crippen LogP contribution in [0.15, 0.2) is 48.5 Å². The van der Waals surface area contributed by atoms with Crippen molar-refractivity contribution in [2.45, 2.75) is 70.5 Å². The van der Waals surface area contributed by atoms with Crippen LogP contribution in [0.25, 0.3) is 0 Å². The molecule has 0 aromatic heterocycles. The van der Waals surface area contributed by atoms with Gasteiger partial charge in [0.05, 0.1) is 6.61 Å². The van der Waals surface area contributed by atoms with E-state index in [1.807, 2.05) is 18.2 Å². The second-order valence-corrected chi connectivity index (χ2v) is 9.45. The van der Waals surface area contributed by atoms with Crippen LogP contribution in [0.2, 0.25) is 10.0 Å². The fraction of sp³-hybridized carbons (Fsp3) is 0.462. The smallest absolute Gasteiger partial charge is 0.242 e. The minimum Gasteiger partial charge on any atom is -0.494 e. The first-order chi connectivity index (χ1) is 15.9. The van der Waals surface area contributed by atoms with Crippen LogP contribution >= 0.6 is 23.2 Å². The summed E-state index contributed by atoms with van der Waals surface area (Å²) in [6, 6.07) is 14.2. The number of hydrogen-bond donors (Lipinski definition) is 1. The van der Waals surface area contributed by atoms with Gasteiger partial charge in [0.1, 0.15) is 11.8 Å². The molecule has 0 spiro atoms. The third-order valence-electron chi connectivity index (χ3n) is 5.98. The minimum atomic E-state index is -0.574. The predicted octanol–water partition coefficient (Wildman–Crippen LogP) is 6.02. The van der Waals surface area contributed by atoms with E-state index < -0.39 is 6.04 Å². The van der Waals surface area contributed by atoms with Gasteiger partial charge in [-0.2, -0.15) is 0 Å². The van der Waals surface area contributed by atoms with Crippen LogP contribution in [-0.2, 0) is 16.1 Å². The highest BCUT2D eigenvalue weighted by atomic mass is 35.5. The molecule has 178 valence electrons. The molecule has 0 bridgehead atoms. The summed E-state index contributed by atoms with van der Waals surface area (Å²) in [4.78, 5) is 27.8. The van der Waals surface area contributed by atoms with Gasteiger partial charge in [-0.15, -0.1) is 0 Å². The van der Waals surface area contributed by atoms with Gasteiger partial charge in [-0.05, 0) is 68.1 Å². The second kappa shape index (κ2) is 12.9. The molecular formula is C26H32Cl2N2O3. The summed E-state index contributed by atoms with van der Waals surface area (Å²) in [6.45, 7) is 2.53. The van der Waals surface area contributed by atoms with E-state index in [1.54, 1.807) is 42.2 Å². The number of ether oxygens (including phenoxy) is 1. The van der Waals surface area contributed by atoms with Crippen molar-refractivity contribution in [2.75, 3.05) is 6.61 Å². The molecule has 2 amide bonds. The normalized spacial score (nSPS) is 15.0. The summed E-state index contributed by atoms with van der Waals surface area (Å²) in [7, 11) is 0. The second-order valence-electron chi connectivity index (χ2n) is 8.58. The Morgan fingerprint density at radius 2 is 1.79 bits per heavy atom. The molecule has 5 nitrogen and oxygen atoms in total. The van der Waals surface area contributed by atoms with Crippen LogP contribution in [0, 0.1) is 0 Å². The molecule has 1 atom stereocenters. The standard InChI is InChI=1S/C26H32Cl2N2O3/c1-19(26(32)29-23-9-3-2-4-10-23)30(18-20-7-5-8-22(28)17-20)25(31)11-6-16-33-24-14-12-21(27)13-15-24/h5,7-8,12-15,17,19,23H,2-4,6,9-11,16,18H2,1H3,(H,29,32)/t19-/m1/s1. The van der Waals surface area contributed by atoms with Crippen LogP contribution in [-0.4, -0.2) is 35.4 Å². The fourth-order valence-electron chi connectivity index (χ4n) is 4.07. The van der Waals surface area contributed by atoms with Gasteiger partial charge in [0.25, 0.3) is 0 Å². The maximum atomic E-state index is 13.2. The van der Waals surface area contributed by atoms with E-state index in [0.29, 0.717) is 35.4 Å². The Hall–Kier alpha value is -2.24. The molecule has 7 heteroatoms. The summed E-state index contributed by atoms with van der Waals surface area (Å²) in [5.41, 5.74) is 0.894. The molecule has 2 aromatic rings. The molecule has 1 fully saturated rings. The molecule has 1 N–H and O–H groups in total. The van der Waals surface area contributed by atoms with Crippen molar-refractivity contribution < 1.29 is 14.3 Å². The van der Waals surface area contributed by atoms with Crippen molar-refractivity contribution in [3.05, 3.63) is 64.1 Å². The summed E-state index contributed by atoms with van der Waals surface area (Å²) < 4.78 is 5.71. The number of halogens is 2. The molecule has 1 saturated carbocycles. The van der Waals surface area contributed by atoms with Gasteiger partial charge in [0.2, 0.25) is 11.8 Å². The van der Waals surface area contributed by atoms with Crippen LogP contribution in [0.1, 0.15) is 57.4 Å². The van der Waals surface area contributed by atoms with Crippen LogP contribution < -0.4 is 10.1 Å². The van der Waals surface area contributed by atoms with E-state index in [2.05, 4.69) is 5.32 Å². The Balaban J connectivity index is 1.60. The number of carbonyl (C=O) groups is 2. The summed E-state index contributed by atoms with van der Waals surface area (Å²) in [6.07, 6.45) is 6.33. The molecule has 0 heterocycles. The molecular weight excluding hydrogens is 459 g/mol. The van der Waals surface area contributed by atoms with E-state index in [1.165, 1.54) is 6.42 Å². The lowest BCUT2D eigenvalue weighted by Crippen LogP contribution is -2.50. The van der Waals surface area contributed by atoms with Gasteiger partial charge >= 0.3 is 0 Å². The van der Waals surface area contributed by atoms with Gasteiger partial charge in [0, 0.05) is 29.1 Å². The molecule has 1 aliphatic carbocycles. The Kier molecular flexibility index (Phi) is 9.89. The molecule has 3 rings (SSSR count). The van der Waals surface area contributed by atoms with E-state index in [0.717, 1.165) is 31.2 Å². The zero-order chi connectivity index (χ0) is 23.6. The molecule has 0 saturated heterocycles. The van der Waals surface area contributed by atoms with Gasteiger partial charge in [0.15, 0.2) is 0 Å². The lowest BCUT2D eigenvalue weighted by Gasteiger charge is -2.31. The Morgan fingerprint density at radius 3 is 2.48 bits per heavy atom. The lowest BCUT2D eigenvalue weighted by molar-refractivity contribution is -0.141. The average molecular weight is 491 g/mol. The summed E-state index contributed by atoms with van der Waals surface area (Å²) >= 11 is 12.0. The van der Waals surface area contributed by atoms with Crippen LogP contribution in [0.5, 0.6) is 5.75 Å². The molecule has 2 aromatic carbocycles. The maximum Gasteiger partial charge on any atom is 0.242 e. The number of carbonyl (C=O) groups excluding carboxylic acids is 2. The van der Waals surface area contributed by atoms with Gasteiger partial charge in [-0.25, -0.2) is 0 Å². The molecule has 1 aliphatic rings. The van der Waals surface area contributed by atoms with Crippen molar-refractivity contribution in [3.63, 3.8) is 0 Å². The number of nitrogens with one attached hydrogen (secondary N) is 1. The third kappa shape index (κ3) is 8.24. The number of nitrogens with zero attached hydrogens (tertiary/aromatic N) is 1. The van der Waals surface area contributed by atoms with E-state index in [4.69, 9.17) is 27.9 Å². The minimum absolute atomic E-state index is 0.0824. The average Bonchev–Trinajstić information content (AvgIpc) is 2.81. The Morgan fingerprint density at radius 1 is 1.06 bits per heavy atom. The van der Waals surface area contributed by atoms with Crippen molar-refractivity contribution in [1.82, 2.24) is 10.2 Å². The highest BCUT2D eigenvalue weighted by molar-refractivity contribution is 6.30. The zero-order valence-electron chi connectivity index (χ0n) is 19.1. The third-order valence-corrected chi connectivity index (χ3v) is 6.47. The van der Waals surface area contributed by atoms with E-state index in [9.17, 15) is 9.59 Å². The SMILES string of the molecule is C[C@H](C(=O)NC1CCCCC1)N(Cc1cccc(Cl)c1)C(=O)CCCOc1ccc(Cl)cc1. The largest absolute Gasteiger partial charge is 0.494 e. The first kappa shape index (κ1) is 25.4. The van der Waals surface area contributed by atoms with Crippen molar-refractivity contribution >= 4 is 35.0 Å². The molecule has 0 radical (unpaired) electrons. The first-order valence-corrected chi connectivity index (χ1v) is 12.4. The monoisotopic (exact) mass is 490 g/mol. The number of rotatable bonds is 10. The lowest BCUT2D eigenvalue weighted by atomic mass is 9.95. The molecule has 33 heavy (non-hydrogen) atoms. The molecule has 0 aliphatic heterocycles. The predicted molar refractivity (Wildman–Crippen MR) is 133 cm³/mol. The topological polar surface area (TPSA) is 58.6 Å². The highest BCUT2D eigenvalue weighted by Gasteiger charge is 2.27. The van der Waals surface area contributed by atoms with E-state index in [-0.39, 0.29) is 24.3 Å². The zero-order valence-corrected chi connectivity index (χ0v) is 20.6.